The third-order valence-corrected chi connectivity index (χ3v) is 4.98. The van der Waals surface area contributed by atoms with Crippen LogP contribution in [0.25, 0.3) is 16.7 Å². The van der Waals surface area contributed by atoms with E-state index < -0.39 is 0 Å². The molecule has 3 aromatic carbocycles. The number of nitrogens with zero attached hydrogens (tertiary/aromatic N) is 1. The van der Waals surface area contributed by atoms with Gasteiger partial charge in [-0.15, -0.1) is 0 Å². The fourth-order valence-corrected chi connectivity index (χ4v) is 3.36. The average Bonchev–Trinajstić information content (AvgIpc) is 2.97. The molecule has 1 heterocycles. The summed E-state index contributed by atoms with van der Waals surface area (Å²) in [6, 6.07) is 21.1. The summed E-state index contributed by atoms with van der Waals surface area (Å²) in [5, 5.41) is 0. The van der Waals surface area contributed by atoms with Crippen molar-refractivity contribution in [2.45, 2.75) is 6.92 Å². The molecule has 2 amide bonds. The van der Waals surface area contributed by atoms with Crippen molar-refractivity contribution in [1.82, 2.24) is 4.90 Å². The van der Waals surface area contributed by atoms with Gasteiger partial charge in [0.05, 0.1) is 11.1 Å². The second-order valence-electron chi connectivity index (χ2n) is 6.71. The molecule has 4 heteroatoms. The number of hydrogen-bond acceptors (Lipinski definition) is 2. The van der Waals surface area contributed by atoms with Crippen molar-refractivity contribution in [3.05, 3.63) is 101 Å². The van der Waals surface area contributed by atoms with Crippen molar-refractivity contribution in [3.8, 4) is 11.1 Å². The van der Waals surface area contributed by atoms with Gasteiger partial charge in [0, 0.05) is 12.1 Å². The molecule has 0 bridgehead atoms. The van der Waals surface area contributed by atoms with Gasteiger partial charge in [-0.05, 0) is 41.8 Å². The SMILES string of the molecule is C/C(=C/CN1C(=O)c2ccccc2C1=O)c1ccc(-c2ccccc2F)cc1. The lowest BCUT2D eigenvalue weighted by Gasteiger charge is -2.12. The Morgan fingerprint density at radius 3 is 1.93 bits per heavy atom. The van der Waals surface area contributed by atoms with Crippen LogP contribution in [-0.4, -0.2) is 23.3 Å². The van der Waals surface area contributed by atoms with E-state index in [4.69, 9.17) is 0 Å². The van der Waals surface area contributed by atoms with E-state index in [-0.39, 0.29) is 24.2 Å². The summed E-state index contributed by atoms with van der Waals surface area (Å²) >= 11 is 0. The zero-order chi connectivity index (χ0) is 19.7. The molecule has 0 radical (unpaired) electrons. The van der Waals surface area contributed by atoms with Crippen molar-refractivity contribution in [3.63, 3.8) is 0 Å². The van der Waals surface area contributed by atoms with Crippen LogP contribution < -0.4 is 0 Å². The van der Waals surface area contributed by atoms with Crippen molar-refractivity contribution in [1.29, 1.82) is 0 Å². The fraction of sp³-hybridized carbons (Fsp3) is 0.0833. The predicted octanol–water partition coefficient (Wildman–Crippen LogP) is 5.19. The summed E-state index contributed by atoms with van der Waals surface area (Å²) in [7, 11) is 0. The van der Waals surface area contributed by atoms with E-state index in [1.165, 1.54) is 11.0 Å². The predicted molar refractivity (Wildman–Crippen MR) is 107 cm³/mol. The normalized spacial score (nSPS) is 13.8. The standard InChI is InChI=1S/C24H18FNO2/c1-16(14-15-26-23(27)20-7-2-3-8-21(20)24(26)28)17-10-12-18(13-11-17)19-6-4-5-9-22(19)25/h2-14H,15H2,1H3/b16-14-. The number of imide groups is 1. The first kappa shape index (κ1) is 17.9. The van der Waals surface area contributed by atoms with Crippen molar-refractivity contribution < 1.29 is 14.0 Å². The average molecular weight is 371 g/mol. The summed E-state index contributed by atoms with van der Waals surface area (Å²) in [5.41, 5.74) is 4.16. The third-order valence-electron chi connectivity index (χ3n) is 4.98. The molecule has 0 saturated carbocycles. The highest BCUT2D eigenvalue weighted by Crippen LogP contribution is 2.26. The number of amides is 2. The summed E-state index contributed by atoms with van der Waals surface area (Å²) in [5.74, 6) is -0.785. The van der Waals surface area contributed by atoms with E-state index >= 15 is 0 Å². The van der Waals surface area contributed by atoms with Gasteiger partial charge in [0.1, 0.15) is 5.82 Å². The van der Waals surface area contributed by atoms with Gasteiger partial charge in [-0.25, -0.2) is 4.39 Å². The third kappa shape index (κ3) is 3.14. The molecule has 1 aliphatic heterocycles. The topological polar surface area (TPSA) is 37.4 Å². The van der Waals surface area contributed by atoms with Crippen LogP contribution in [0.3, 0.4) is 0 Å². The largest absolute Gasteiger partial charge is 0.270 e. The van der Waals surface area contributed by atoms with Gasteiger partial charge >= 0.3 is 0 Å². The van der Waals surface area contributed by atoms with Crippen LogP contribution in [0.15, 0.2) is 78.9 Å². The Hall–Kier alpha value is -3.53. The summed E-state index contributed by atoms with van der Waals surface area (Å²) in [6.07, 6.45) is 1.86. The highest BCUT2D eigenvalue weighted by molar-refractivity contribution is 6.21. The zero-order valence-electron chi connectivity index (χ0n) is 15.4. The number of carbonyl (C=O) groups excluding carboxylic acids is 2. The maximum absolute atomic E-state index is 13.9. The lowest BCUT2D eigenvalue weighted by Crippen LogP contribution is -2.29. The number of allylic oxidation sites excluding steroid dienone is 1. The Morgan fingerprint density at radius 1 is 0.821 bits per heavy atom. The maximum atomic E-state index is 13.9. The lowest BCUT2D eigenvalue weighted by atomic mass is 10.0. The maximum Gasteiger partial charge on any atom is 0.261 e. The molecule has 138 valence electrons. The number of halogens is 1. The molecule has 0 fully saturated rings. The van der Waals surface area contributed by atoms with Gasteiger partial charge in [-0.1, -0.05) is 60.7 Å². The van der Waals surface area contributed by atoms with Crippen molar-refractivity contribution in [2.75, 3.05) is 6.54 Å². The molecule has 28 heavy (non-hydrogen) atoms. The van der Waals surface area contributed by atoms with Crippen molar-refractivity contribution in [2.24, 2.45) is 0 Å². The number of fused-ring (bicyclic) bond motifs is 1. The van der Waals surface area contributed by atoms with E-state index in [0.717, 1.165) is 16.7 Å². The first-order valence-electron chi connectivity index (χ1n) is 9.03. The number of rotatable bonds is 4. The second-order valence-corrected chi connectivity index (χ2v) is 6.71. The van der Waals surface area contributed by atoms with Crippen LogP contribution in [0.2, 0.25) is 0 Å². The first-order valence-corrected chi connectivity index (χ1v) is 9.03. The molecule has 4 rings (SSSR count). The Labute approximate surface area is 162 Å². The number of carbonyl (C=O) groups is 2. The fourth-order valence-electron chi connectivity index (χ4n) is 3.36. The summed E-state index contributed by atoms with van der Waals surface area (Å²) < 4.78 is 13.9. The van der Waals surface area contributed by atoms with Gasteiger partial charge in [-0.3, -0.25) is 14.5 Å². The summed E-state index contributed by atoms with van der Waals surface area (Å²) in [4.78, 5) is 26.1. The lowest BCUT2D eigenvalue weighted by molar-refractivity contribution is 0.0672. The molecule has 0 spiro atoms. The second kappa shape index (κ2) is 7.24. The molecule has 1 aliphatic rings. The van der Waals surface area contributed by atoms with Crippen LogP contribution >= 0.6 is 0 Å². The first-order chi connectivity index (χ1) is 13.6. The highest BCUT2D eigenvalue weighted by atomic mass is 19.1. The van der Waals surface area contributed by atoms with E-state index in [2.05, 4.69) is 0 Å². The highest BCUT2D eigenvalue weighted by Gasteiger charge is 2.34. The van der Waals surface area contributed by atoms with Gasteiger partial charge in [0.2, 0.25) is 0 Å². The number of hydrogen-bond donors (Lipinski definition) is 0. The van der Waals surface area contributed by atoms with Crippen LogP contribution in [0.4, 0.5) is 4.39 Å². The number of benzene rings is 3. The van der Waals surface area contributed by atoms with E-state index in [9.17, 15) is 14.0 Å². The minimum atomic E-state index is -0.264. The van der Waals surface area contributed by atoms with Gasteiger partial charge < -0.3 is 0 Å². The van der Waals surface area contributed by atoms with Crippen LogP contribution in [-0.2, 0) is 0 Å². The van der Waals surface area contributed by atoms with E-state index in [1.54, 1.807) is 42.5 Å². The molecule has 0 aliphatic carbocycles. The van der Waals surface area contributed by atoms with Crippen molar-refractivity contribution >= 4 is 17.4 Å². The minimum absolute atomic E-state index is 0.216. The smallest absolute Gasteiger partial charge is 0.261 e. The minimum Gasteiger partial charge on any atom is -0.270 e. The molecule has 3 nitrogen and oxygen atoms in total. The zero-order valence-corrected chi connectivity index (χ0v) is 15.4. The molecule has 0 N–H and O–H groups in total. The molecule has 3 aromatic rings. The molecule has 0 saturated heterocycles. The molecule has 0 unspecified atom stereocenters. The molecule has 0 atom stereocenters. The van der Waals surface area contributed by atoms with Crippen LogP contribution in [0.1, 0.15) is 33.2 Å². The molecular formula is C24H18FNO2. The monoisotopic (exact) mass is 371 g/mol. The van der Waals surface area contributed by atoms with Gasteiger partial charge in [0.25, 0.3) is 11.8 Å². The van der Waals surface area contributed by atoms with Crippen LogP contribution in [0, 0.1) is 5.82 Å². The van der Waals surface area contributed by atoms with Gasteiger partial charge in [0.15, 0.2) is 0 Å². The Bertz CT molecular complexity index is 1060. The molecular weight excluding hydrogens is 353 g/mol. The van der Waals surface area contributed by atoms with E-state index in [0.29, 0.717) is 16.7 Å². The Morgan fingerprint density at radius 2 is 1.36 bits per heavy atom. The van der Waals surface area contributed by atoms with Crippen LogP contribution in [0.5, 0.6) is 0 Å². The quantitative estimate of drug-likeness (QED) is 0.592. The molecule has 0 aromatic heterocycles. The van der Waals surface area contributed by atoms with E-state index in [1.807, 2.05) is 37.3 Å². The van der Waals surface area contributed by atoms with Gasteiger partial charge in [-0.2, -0.15) is 0 Å². The Kier molecular flexibility index (Phi) is 4.62. The summed E-state index contributed by atoms with van der Waals surface area (Å²) in [6.45, 7) is 2.14. The Balaban J connectivity index is 1.52.